The summed E-state index contributed by atoms with van der Waals surface area (Å²) in [6, 6.07) is 4.87. The van der Waals surface area contributed by atoms with Crippen molar-refractivity contribution in [3.63, 3.8) is 0 Å². The zero-order chi connectivity index (χ0) is 13.4. The maximum atomic E-state index is 13.5. The third kappa shape index (κ3) is 5.83. The van der Waals surface area contributed by atoms with Crippen molar-refractivity contribution in [2.24, 2.45) is 0 Å². The van der Waals surface area contributed by atoms with Crippen LogP contribution < -0.4 is 10.1 Å². The number of rotatable bonds is 8. The molecular formula is C14H21BrFNO. The predicted octanol–water partition coefficient (Wildman–Crippen LogP) is 4.14. The van der Waals surface area contributed by atoms with Gasteiger partial charge in [0.15, 0.2) is 11.6 Å². The lowest BCUT2D eigenvalue weighted by Crippen LogP contribution is -2.19. The molecule has 0 aliphatic heterocycles. The van der Waals surface area contributed by atoms with E-state index in [-0.39, 0.29) is 11.9 Å². The monoisotopic (exact) mass is 317 g/mol. The number of hydrogen-bond acceptors (Lipinski definition) is 2. The topological polar surface area (TPSA) is 21.3 Å². The van der Waals surface area contributed by atoms with Gasteiger partial charge in [0.25, 0.3) is 0 Å². The molecule has 1 unspecified atom stereocenters. The van der Waals surface area contributed by atoms with E-state index in [1.807, 2.05) is 6.92 Å². The first-order valence-corrected chi connectivity index (χ1v) is 7.25. The molecule has 2 nitrogen and oxygen atoms in total. The van der Waals surface area contributed by atoms with Crippen LogP contribution in [0.4, 0.5) is 4.39 Å². The Morgan fingerprint density at radius 3 is 2.83 bits per heavy atom. The maximum absolute atomic E-state index is 13.5. The zero-order valence-corrected chi connectivity index (χ0v) is 12.6. The fourth-order valence-corrected chi connectivity index (χ4v) is 2.00. The highest BCUT2D eigenvalue weighted by molar-refractivity contribution is 9.10. The Kier molecular flexibility index (Phi) is 7.28. The second kappa shape index (κ2) is 8.48. The molecule has 0 fully saturated rings. The van der Waals surface area contributed by atoms with Gasteiger partial charge < -0.3 is 10.1 Å². The summed E-state index contributed by atoms with van der Waals surface area (Å²) in [6.07, 6.45) is 3.14. The van der Waals surface area contributed by atoms with Gasteiger partial charge >= 0.3 is 0 Å². The van der Waals surface area contributed by atoms with E-state index in [0.717, 1.165) is 36.8 Å². The van der Waals surface area contributed by atoms with E-state index in [0.29, 0.717) is 5.75 Å². The Labute approximate surface area is 117 Å². The van der Waals surface area contributed by atoms with Crippen LogP contribution in [0.3, 0.4) is 0 Å². The quantitative estimate of drug-likeness (QED) is 0.728. The van der Waals surface area contributed by atoms with Crippen molar-refractivity contribution >= 4 is 15.9 Å². The molecule has 0 aliphatic carbocycles. The van der Waals surface area contributed by atoms with Crippen LogP contribution in [-0.4, -0.2) is 19.2 Å². The van der Waals surface area contributed by atoms with Crippen molar-refractivity contribution in [3.8, 4) is 5.75 Å². The first kappa shape index (κ1) is 15.4. The lowest BCUT2D eigenvalue weighted by atomic mass is 10.2. The van der Waals surface area contributed by atoms with Crippen LogP contribution in [0.2, 0.25) is 0 Å². The lowest BCUT2D eigenvalue weighted by molar-refractivity contribution is 0.198. The number of ether oxygens (including phenoxy) is 1. The van der Waals surface area contributed by atoms with Crippen LogP contribution in [0.5, 0.6) is 5.75 Å². The number of halogens is 2. The second-order valence-corrected chi connectivity index (χ2v) is 5.31. The Balaban J connectivity index is 2.28. The highest BCUT2D eigenvalue weighted by atomic mass is 79.9. The van der Waals surface area contributed by atoms with Crippen molar-refractivity contribution in [2.45, 2.75) is 39.2 Å². The molecule has 0 aromatic heterocycles. The second-order valence-electron chi connectivity index (χ2n) is 4.40. The molecule has 1 rings (SSSR count). The van der Waals surface area contributed by atoms with E-state index < -0.39 is 0 Å². The fourth-order valence-electron chi connectivity index (χ4n) is 1.66. The molecule has 1 N–H and O–H groups in total. The average molecular weight is 318 g/mol. The first-order valence-electron chi connectivity index (χ1n) is 6.46. The summed E-state index contributed by atoms with van der Waals surface area (Å²) < 4.78 is 19.8. The number of nitrogens with one attached hydrogen (secondary N) is 1. The molecule has 4 heteroatoms. The molecule has 0 amide bonds. The zero-order valence-electron chi connectivity index (χ0n) is 11.0. The van der Waals surface area contributed by atoms with Crippen LogP contribution >= 0.6 is 15.9 Å². The van der Waals surface area contributed by atoms with Crippen molar-refractivity contribution in [2.75, 3.05) is 13.1 Å². The summed E-state index contributed by atoms with van der Waals surface area (Å²) in [4.78, 5) is 0. The van der Waals surface area contributed by atoms with Gasteiger partial charge in [0.1, 0.15) is 0 Å². The highest BCUT2D eigenvalue weighted by Crippen LogP contribution is 2.23. The van der Waals surface area contributed by atoms with Crippen molar-refractivity contribution < 1.29 is 9.13 Å². The van der Waals surface area contributed by atoms with Gasteiger partial charge in [0.2, 0.25) is 0 Å². The minimum atomic E-state index is -0.319. The minimum Gasteiger partial charge on any atom is -0.488 e. The summed E-state index contributed by atoms with van der Waals surface area (Å²) in [5, 5.41) is 3.34. The molecule has 18 heavy (non-hydrogen) atoms. The van der Waals surface area contributed by atoms with Gasteiger partial charge in [-0.25, -0.2) is 4.39 Å². The summed E-state index contributed by atoms with van der Waals surface area (Å²) in [6.45, 7) is 6.16. The van der Waals surface area contributed by atoms with E-state index in [4.69, 9.17) is 4.74 Å². The van der Waals surface area contributed by atoms with Crippen molar-refractivity contribution in [1.29, 1.82) is 0 Å². The Bertz CT molecular complexity index is 360. The third-order valence-corrected chi connectivity index (χ3v) is 3.11. The minimum absolute atomic E-state index is 0.0316. The number of benzene rings is 1. The van der Waals surface area contributed by atoms with Crippen LogP contribution in [0.1, 0.15) is 33.1 Å². The van der Waals surface area contributed by atoms with E-state index in [1.54, 1.807) is 12.1 Å². The van der Waals surface area contributed by atoms with Gasteiger partial charge in [-0.15, -0.1) is 0 Å². The van der Waals surface area contributed by atoms with E-state index in [2.05, 4.69) is 28.2 Å². The van der Waals surface area contributed by atoms with Crippen LogP contribution in [-0.2, 0) is 0 Å². The molecule has 0 saturated heterocycles. The molecular weight excluding hydrogens is 297 g/mol. The summed E-state index contributed by atoms with van der Waals surface area (Å²) in [5.41, 5.74) is 0. The van der Waals surface area contributed by atoms with E-state index in [9.17, 15) is 4.39 Å². The summed E-state index contributed by atoms with van der Waals surface area (Å²) in [7, 11) is 0. The molecule has 0 radical (unpaired) electrons. The fraction of sp³-hybridized carbons (Fsp3) is 0.571. The molecule has 1 aromatic carbocycles. The Morgan fingerprint density at radius 2 is 2.17 bits per heavy atom. The lowest BCUT2D eigenvalue weighted by Gasteiger charge is -2.15. The van der Waals surface area contributed by atoms with Gasteiger partial charge in [0, 0.05) is 4.47 Å². The Hall–Kier alpha value is -0.610. The number of hydrogen-bond donors (Lipinski definition) is 1. The van der Waals surface area contributed by atoms with Gasteiger partial charge in [-0.05, 0) is 57.5 Å². The molecule has 0 heterocycles. The standard InChI is InChI=1S/C14H21BrFNO/c1-3-8-17-9-4-5-11(2)18-14-7-6-12(15)10-13(14)16/h6-7,10-11,17H,3-5,8-9H2,1-2H3. The van der Waals surface area contributed by atoms with Crippen LogP contribution in [0.25, 0.3) is 0 Å². The normalized spacial score (nSPS) is 12.4. The van der Waals surface area contributed by atoms with E-state index >= 15 is 0 Å². The molecule has 0 spiro atoms. The average Bonchev–Trinajstić information content (AvgIpc) is 2.32. The maximum Gasteiger partial charge on any atom is 0.166 e. The molecule has 1 atom stereocenters. The molecule has 1 aromatic rings. The first-order chi connectivity index (χ1) is 8.63. The van der Waals surface area contributed by atoms with Crippen LogP contribution in [0.15, 0.2) is 22.7 Å². The molecule has 0 saturated carbocycles. The summed E-state index contributed by atoms with van der Waals surface area (Å²) in [5.74, 6) is 0.00699. The smallest absolute Gasteiger partial charge is 0.166 e. The van der Waals surface area contributed by atoms with E-state index in [1.165, 1.54) is 6.07 Å². The van der Waals surface area contributed by atoms with Gasteiger partial charge in [-0.1, -0.05) is 22.9 Å². The predicted molar refractivity (Wildman–Crippen MR) is 76.6 cm³/mol. The molecule has 0 bridgehead atoms. The van der Waals surface area contributed by atoms with Crippen molar-refractivity contribution in [3.05, 3.63) is 28.5 Å². The van der Waals surface area contributed by atoms with Gasteiger partial charge in [0.05, 0.1) is 6.10 Å². The SMILES string of the molecule is CCCNCCCC(C)Oc1ccc(Br)cc1F. The van der Waals surface area contributed by atoms with Gasteiger partial charge in [-0.3, -0.25) is 0 Å². The van der Waals surface area contributed by atoms with Crippen LogP contribution in [0, 0.1) is 5.82 Å². The summed E-state index contributed by atoms with van der Waals surface area (Å²) >= 11 is 3.22. The third-order valence-electron chi connectivity index (χ3n) is 2.61. The van der Waals surface area contributed by atoms with Crippen molar-refractivity contribution in [1.82, 2.24) is 5.32 Å². The van der Waals surface area contributed by atoms with Gasteiger partial charge in [-0.2, -0.15) is 0 Å². The Morgan fingerprint density at radius 1 is 1.39 bits per heavy atom. The molecule has 102 valence electrons. The highest BCUT2D eigenvalue weighted by Gasteiger charge is 2.08. The molecule has 0 aliphatic rings. The largest absolute Gasteiger partial charge is 0.488 e.